The Morgan fingerprint density at radius 1 is 1.28 bits per heavy atom. The number of aromatic nitrogens is 1. The Balaban J connectivity index is 1.58. The van der Waals surface area contributed by atoms with E-state index in [2.05, 4.69) is 20.8 Å². The fraction of sp³-hybridized carbons (Fsp3) is 0.389. The van der Waals surface area contributed by atoms with Crippen LogP contribution in [0.1, 0.15) is 31.0 Å². The van der Waals surface area contributed by atoms with Crippen LogP contribution in [0.4, 0.5) is 5.69 Å². The summed E-state index contributed by atoms with van der Waals surface area (Å²) in [6.45, 7) is 4.73. The first-order valence-corrected chi connectivity index (χ1v) is 8.57. The highest BCUT2D eigenvalue weighted by molar-refractivity contribution is 5.95. The minimum Gasteiger partial charge on any atom is -0.364 e. The van der Waals surface area contributed by atoms with E-state index in [-0.39, 0.29) is 5.91 Å². The molecular weight excluding hydrogens is 318 g/mol. The van der Waals surface area contributed by atoms with Crippen molar-refractivity contribution < 1.29 is 9.32 Å². The molecule has 0 atom stereocenters. The van der Waals surface area contributed by atoms with Crippen molar-refractivity contribution in [2.75, 3.05) is 18.0 Å². The molecule has 1 amide bonds. The average molecular weight is 341 g/mol. The third kappa shape index (κ3) is 4.59. The number of carbonyl (C=O) groups excluding carboxylic acids is 1. The maximum atomic E-state index is 11.8. The molecule has 0 aliphatic carbocycles. The van der Waals surface area contributed by atoms with E-state index in [0.29, 0.717) is 19.5 Å². The Kier molecular flexibility index (Phi) is 5.66. The number of aliphatic imine (C=N–C) groups is 1. The zero-order valence-corrected chi connectivity index (χ0v) is 14.4. The monoisotopic (exact) mass is 341 g/mol. The van der Waals surface area contributed by atoms with Crippen LogP contribution in [0.2, 0.25) is 0 Å². The fourth-order valence-electron chi connectivity index (χ4n) is 2.72. The van der Waals surface area contributed by atoms with Crippen molar-refractivity contribution in [1.29, 1.82) is 0 Å². The van der Waals surface area contributed by atoms with E-state index >= 15 is 0 Å². The lowest BCUT2D eigenvalue weighted by molar-refractivity contribution is -0.117. The van der Waals surface area contributed by atoms with Gasteiger partial charge in [-0.2, -0.15) is 0 Å². The molecule has 1 fully saturated rings. The fourth-order valence-corrected chi connectivity index (χ4v) is 2.72. The van der Waals surface area contributed by atoms with Crippen molar-refractivity contribution in [3.05, 3.63) is 47.9 Å². The molecule has 0 spiro atoms. The molecule has 2 N–H and O–H groups in total. The summed E-state index contributed by atoms with van der Waals surface area (Å²) in [5.74, 6) is 0.932. The molecule has 1 aromatic carbocycles. The van der Waals surface area contributed by atoms with Gasteiger partial charge in [0.25, 0.3) is 0 Å². The lowest BCUT2D eigenvalue weighted by Gasteiger charge is -2.15. The van der Waals surface area contributed by atoms with Gasteiger partial charge in [-0.1, -0.05) is 17.3 Å². The zero-order chi connectivity index (χ0) is 17.5. The van der Waals surface area contributed by atoms with E-state index < -0.39 is 0 Å². The Hall–Kier alpha value is -2.83. The minimum absolute atomic E-state index is 0.206. The first-order valence-electron chi connectivity index (χ1n) is 8.57. The first kappa shape index (κ1) is 17.0. The SMILES string of the molecule is CCNC(=NCc1ccc(N2CCCC2=O)cc1)NCc1ccon1. The van der Waals surface area contributed by atoms with E-state index in [0.717, 1.165) is 42.4 Å². The van der Waals surface area contributed by atoms with Gasteiger partial charge < -0.3 is 20.1 Å². The number of hydrogen-bond acceptors (Lipinski definition) is 4. The Morgan fingerprint density at radius 3 is 2.76 bits per heavy atom. The molecule has 0 unspecified atom stereocenters. The summed E-state index contributed by atoms with van der Waals surface area (Å²) in [7, 11) is 0. The topological polar surface area (TPSA) is 82.8 Å². The molecular formula is C18H23N5O2. The normalized spacial score (nSPS) is 14.8. The van der Waals surface area contributed by atoms with Gasteiger partial charge in [-0.3, -0.25) is 4.79 Å². The van der Waals surface area contributed by atoms with Crippen LogP contribution >= 0.6 is 0 Å². The maximum absolute atomic E-state index is 11.8. The van der Waals surface area contributed by atoms with E-state index in [1.54, 1.807) is 6.26 Å². The van der Waals surface area contributed by atoms with Gasteiger partial charge in [0, 0.05) is 31.3 Å². The number of nitrogens with zero attached hydrogens (tertiary/aromatic N) is 3. The second kappa shape index (κ2) is 8.32. The maximum Gasteiger partial charge on any atom is 0.227 e. The lowest BCUT2D eigenvalue weighted by Crippen LogP contribution is -2.36. The molecule has 0 saturated carbocycles. The molecule has 7 heteroatoms. The number of amides is 1. The molecule has 7 nitrogen and oxygen atoms in total. The zero-order valence-electron chi connectivity index (χ0n) is 14.4. The summed E-state index contributed by atoms with van der Waals surface area (Å²) in [5.41, 5.74) is 2.88. The number of anilines is 1. The highest BCUT2D eigenvalue weighted by Gasteiger charge is 2.21. The van der Waals surface area contributed by atoms with E-state index in [1.165, 1.54) is 0 Å². The van der Waals surface area contributed by atoms with E-state index in [4.69, 9.17) is 4.52 Å². The summed E-state index contributed by atoms with van der Waals surface area (Å²) in [6, 6.07) is 9.83. The second-order valence-electron chi connectivity index (χ2n) is 5.85. The minimum atomic E-state index is 0.206. The predicted molar refractivity (Wildman–Crippen MR) is 96.2 cm³/mol. The number of rotatable bonds is 6. The quantitative estimate of drug-likeness (QED) is 0.621. The highest BCUT2D eigenvalue weighted by Crippen LogP contribution is 2.21. The molecule has 0 bridgehead atoms. The van der Waals surface area contributed by atoms with Crippen molar-refractivity contribution in [3.8, 4) is 0 Å². The lowest BCUT2D eigenvalue weighted by atomic mass is 10.2. The average Bonchev–Trinajstić information content (AvgIpc) is 3.29. The Bertz CT molecular complexity index is 710. The van der Waals surface area contributed by atoms with Gasteiger partial charge in [0.2, 0.25) is 5.91 Å². The summed E-state index contributed by atoms with van der Waals surface area (Å²) in [6.07, 6.45) is 3.14. The largest absolute Gasteiger partial charge is 0.364 e. The molecule has 1 aromatic heterocycles. The van der Waals surface area contributed by atoms with Gasteiger partial charge in [-0.15, -0.1) is 0 Å². The Morgan fingerprint density at radius 2 is 2.12 bits per heavy atom. The van der Waals surface area contributed by atoms with Gasteiger partial charge >= 0.3 is 0 Å². The number of hydrogen-bond donors (Lipinski definition) is 2. The van der Waals surface area contributed by atoms with Crippen LogP contribution in [0.5, 0.6) is 0 Å². The van der Waals surface area contributed by atoms with Crippen LogP contribution in [0.25, 0.3) is 0 Å². The van der Waals surface area contributed by atoms with E-state index in [1.807, 2.05) is 42.2 Å². The van der Waals surface area contributed by atoms with Crippen LogP contribution in [0.3, 0.4) is 0 Å². The molecule has 0 radical (unpaired) electrons. The van der Waals surface area contributed by atoms with Gasteiger partial charge in [-0.05, 0) is 31.0 Å². The van der Waals surface area contributed by atoms with Crippen LogP contribution in [0.15, 0.2) is 46.1 Å². The summed E-state index contributed by atoms with van der Waals surface area (Å²) in [5, 5.41) is 10.3. The smallest absolute Gasteiger partial charge is 0.227 e. The van der Waals surface area contributed by atoms with Gasteiger partial charge in [-0.25, -0.2) is 4.99 Å². The molecule has 2 aromatic rings. The van der Waals surface area contributed by atoms with Crippen molar-refractivity contribution in [2.45, 2.75) is 32.9 Å². The van der Waals surface area contributed by atoms with Crippen LogP contribution in [-0.4, -0.2) is 30.1 Å². The standard InChI is InChI=1S/C18H23N5O2/c1-2-19-18(21-13-15-9-11-25-22-15)20-12-14-5-7-16(8-6-14)23-10-3-4-17(23)24/h5-9,11H,2-4,10,12-13H2,1H3,(H2,19,20,21). The number of nitrogens with one attached hydrogen (secondary N) is 2. The number of guanidine groups is 1. The Labute approximate surface area is 147 Å². The van der Waals surface area contributed by atoms with Crippen molar-refractivity contribution >= 4 is 17.6 Å². The van der Waals surface area contributed by atoms with Crippen molar-refractivity contribution in [1.82, 2.24) is 15.8 Å². The predicted octanol–water partition coefficient (Wildman–Crippen LogP) is 2.06. The van der Waals surface area contributed by atoms with Crippen LogP contribution < -0.4 is 15.5 Å². The molecule has 2 heterocycles. The third-order valence-electron chi connectivity index (χ3n) is 4.01. The van der Waals surface area contributed by atoms with Crippen LogP contribution in [-0.2, 0) is 17.9 Å². The van der Waals surface area contributed by atoms with Crippen molar-refractivity contribution in [3.63, 3.8) is 0 Å². The number of carbonyl (C=O) groups is 1. The third-order valence-corrected chi connectivity index (χ3v) is 4.01. The first-order chi connectivity index (χ1) is 12.3. The summed E-state index contributed by atoms with van der Waals surface area (Å²) < 4.78 is 4.82. The molecule has 1 aliphatic rings. The van der Waals surface area contributed by atoms with Gasteiger partial charge in [0.1, 0.15) is 12.0 Å². The van der Waals surface area contributed by atoms with Crippen LogP contribution in [0, 0.1) is 0 Å². The highest BCUT2D eigenvalue weighted by atomic mass is 16.5. The molecule has 25 heavy (non-hydrogen) atoms. The molecule has 132 valence electrons. The molecule has 1 saturated heterocycles. The summed E-state index contributed by atoms with van der Waals surface area (Å²) in [4.78, 5) is 18.2. The second-order valence-corrected chi connectivity index (χ2v) is 5.85. The molecule has 1 aliphatic heterocycles. The van der Waals surface area contributed by atoms with Gasteiger partial charge in [0.15, 0.2) is 5.96 Å². The van der Waals surface area contributed by atoms with E-state index in [9.17, 15) is 4.79 Å². The molecule has 3 rings (SSSR count). The van der Waals surface area contributed by atoms with Crippen molar-refractivity contribution in [2.24, 2.45) is 4.99 Å². The number of benzene rings is 1. The van der Waals surface area contributed by atoms with Gasteiger partial charge in [0.05, 0.1) is 13.1 Å². The summed E-state index contributed by atoms with van der Waals surface area (Å²) >= 11 is 0.